The maximum Gasteiger partial charge on any atom is 0.270 e. The Bertz CT molecular complexity index is 351. The maximum atomic E-state index is 12.7. The van der Waals surface area contributed by atoms with Crippen LogP contribution in [0.4, 0.5) is 14.5 Å². The summed E-state index contributed by atoms with van der Waals surface area (Å²) in [4.78, 5) is 13.1. The third-order valence-corrected chi connectivity index (χ3v) is 1.53. The Balaban J connectivity index is 3.12. The highest BCUT2D eigenvalue weighted by Gasteiger charge is 2.23. The number of benzene rings is 1. The number of halogens is 2. The van der Waals surface area contributed by atoms with Crippen LogP contribution in [0.2, 0.25) is 0 Å². The minimum Gasteiger partial charge on any atom is -0.211 e. The molecule has 0 amide bonds. The molecule has 0 unspecified atom stereocenters. The van der Waals surface area contributed by atoms with Crippen LogP contribution in [0, 0.1) is 0 Å². The molecule has 0 bridgehead atoms. The summed E-state index contributed by atoms with van der Waals surface area (Å²) in [6.07, 6.45) is 1.29. The average molecular weight is 183 g/mol. The van der Waals surface area contributed by atoms with Crippen LogP contribution in [0.1, 0.15) is 12.5 Å². The molecule has 0 aliphatic heterocycles. The Morgan fingerprint density at radius 2 is 2.15 bits per heavy atom. The molecule has 0 aromatic heterocycles. The number of carbonyl (C=O) groups excluding carboxylic acids is 1. The number of hydrogen-bond donors (Lipinski definition) is 0. The molecule has 2 nitrogen and oxygen atoms in total. The fourth-order valence-electron chi connectivity index (χ4n) is 0.901. The summed E-state index contributed by atoms with van der Waals surface area (Å²) >= 11 is 0. The number of alkyl halides is 2. The second-order valence-corrected chi connectivity index (χ2v) is 2.64. The summed E-state index contributed by atoms with van der Waals surface area (Å²) in [5, 5.41) is 0. The fourth-order valence-corrected chi connectivity index (χ4v) is 0.901. The summed E-state index contributed by atoms with van der Waals surface area (Å²) in [5.74, 6) is -2.91. The van der Waals surface area contributed by atoms with E-state index in [1.54, 1.807) is 0 Å². The van der Waals surface area contributed by atoms with Crippen molar-refractivity contribution in [3.8, 4) is 0 Å². The van der Waals surface area contributed by atoms with Crippen LogP contribution in [0.3, 0.4) is 0 Å². The lowest BCUT2D eigenvalue weighted by atomic mass is 10.1. The van der Waals surface area contributed by atoms with Gasteiger partial charge in [0.25, 0.3) is 5.92 Å². The molecular weight excluding hydrogens is 176 g/mol. The second-order valence-electron chi connectivity index (χ2n) is 2.64. The molecule has 0 aliphatic carbocycles. The number of rotatable bonds is 2. The Morgan fingerprint density at radius 3 is 2.69 bits per heavy atom. The Kier molecular flexibility index (Phi) is 2.54. The average Bonchev–Trinajstić information content (AvgIpc) is 2.04. The van der Waals surface area contributed by atoms with Gasteiger partial charge in [0.05, 0.1) is 5.69 Å². The zero-order chi connectivity index (χ0) is 9.90. The van der Waals surface area contributed by atoms with Crippen molar-refractivity contribution in [3.63, 3.8) is 0 Å². The van der Waals surface area contributed by atoms with Gasteiger partial charge in [-0.05, 0) is 12.1 Å². The molecule has 0 saturated heterocycles. The minimum absolute atomic E-state index is 0.163. The van der Waals surface area contributed by atoms with E-state index in [2.05, 4.69) is 4.99 Å². The predicted octanol–water partition coefficient (Wildman–Crippen LogP) is 2.77. The first-order valence-corrected chi connectivity index (χ1v) is 3.60. The van der Waals surface area contributed by atoms with E-state index in [1.807, 2.05) is 0 Å². The van der Waals surface area contributed by atoms with Gasteiger partial charge in [0.2, 0.25) is 6.08 Å². The largest absolute Gasteiger partial charge is 0.270 e. The van der Waals surface area contributed by atoms with E-state index in [9.17, 15) is 13.6 Å². The molecule has 0 spiro atoms. The first-order valence-electron chi connectivity index (χ1n) is 3.60. The summed E-state index contributed by atoms with van der Waals surface area (Å²) in [7, 11) is 0. The van der Waals surface area contributed by atoms with Crippen molar-refractivity contribution in [2.24, 2.45) is 4.99 Å². The van der Waals surface area contributed by atoms with Gasteiger partial charge in [-0.3, -0.25) is 0 Å². The van der Waals surface area contributed by atoms with Gasteiger partial charge in [-0.25, -0.2) is 13.6 Å². The summed E-state index contributed by atoms with van der Waals surface area (Å²) in [6.45, 7) is 0.788. The summed E-state index contributed by atoms with van der Waals surface area (Å²) in [6, 6.07) is 5.32. The lowest BCUT2D eigenvalue weighted by Gasteiger charge is -2.09. The normalized spacial score (nSPS) is 10.7. The highest BCUT2D eigenvalue weighted by molar-refractivity contribution is 5.50. The van der Waals surface area contributed by atoms with Crippen LogP contribution in [0.25, 0.3) is 0 Å². The quantitative estimate of drug-likeness (QED) is 0.512. The topological polar surface area (TPSA) is 29.4 Å². The smallest absolute Gasteiger partial charge is 0.211 e. The molecule has 1 aromatic rings. The molecule has 0 atom stereocenters. The van der Waals surface area contributed by atoms with E-state index in [1.165, 1.54) is 24.3 Å². The van der Waals surface area contributed by atoms with E-state index in [4.69, 9.17) is 0 Å². The van der Waals surface area contributed by atoms with Crippen LogP contribution in [-0.4, -0.2) is 6.08 Å². The van der Waals surface area contributed by atoms with Crippen molar-refractivity contribution in [2.75, 3.05) is 0 Å². The molecule has 0 aliphatic rings. The molecule has 68 valence electrons. The predicted molar refractivity (Wildman–Crippen MR) is 43.8 cm³/mol. The van der Waals surface area contributed by atoms with Gasteiger partial charge in [-0.2, -0.15) is 4.99 Å². The second kappa shape index (κ2) is 3.46. The van der Waals surface area contributed by atoms with Crippen LogP contribution in [0.15, 0.2) is 29.3 Å². The summed E-state index contributed by atoms with van der Waals surface area (Å²) < 4.78 is 25.5. The van der Waals surface area contributed by atoms with Crippen LogP contribution in [0.5, 0.6) is 0 Å². The molecular formula is C9H7F2NO. The van der Waals surface area contributed by atoms with E-state index < -0.39 is 5.92 Å². The lowest BCUT2D eigenvalue weighted by Crippen LogP contribution is -2.05. The van der Waals surface area contributed by atoms with Gasteiger partial charge in [-0.1, -0.05) is 12.1 Å². The standard InChI is InChI=1S/C9H7F2NO/c1-9(10,11)7-3-2-4-8(5-7)12-6-13/h2-5H,1H3. The third kappa shape index (κ3) is 2.46. The SMILES string of the molecule is CC(F)(F)c1cccc(N=C=O)c1. The number of isocyanates is 1. The Hall–Kier alpha value is -1.54. The lowest BCUT2D eigenvalue weighted by molar-refractivity contribution is 0.0175. The zero-order valence-electron chi connectivity index (χ0n) is 6.92. The molecule has 1 aromatic carbocycles. The van der Waals surface area contributed by atoms with Crippen LogP contribution in [-0.2, 0) is 10.7 Å². The van der Waals surface area contributed by atoms with E-state index in [0.29, 0.717) is 0 Å². The van der Waals surface area contributed by atoms with Crippen molar-refractivity contribution in [2.45, 2.75) is 12.8 Å². The number of hydrogen-bond acceptors (Lipinski definition) is 2. The van der Waals surface area contributed by atoms with Crippen molar-refractivity contribution < 1.29 is 13.6 Å². The molecule has 0 heterocycles. The van der Waals surface area contributed by atoms with Gasteiger partial charge in [-0.15, -0.1) is 0 Å². The minimum atomic E-state index is -2.91. The zero-order valence-corrected chi connectivity index (χ0v) is 6.92. The van der Waals surface area contributed by atoms with E-state index >= 15 is 0 Å². The van der Waals surface area contributed by atoms with Crippen molar-refractivity contribution in [3.05, 3.63) is 29.8 Å². The van der Waals surface area contributed by atoms with Crippen molar-refractivity contribution >= 4 is 11.8 Å². The fraction of sp³-hybridized carbons (Fsp3) is 0.222. The first kappa shape index (κ1) is 9.55. The van der Waals surface area contributed by atoms with Gasteiger partial charge in [0.1, 0.15) is 0 Å². The maximum absolute atomic E-state index is 12.7. The molecule has 1 rings (SSSR count). The molecule has 13 heavy (non-hydrogen) atoms. The van der Waals surface area contributed by atoms with Gasteiger partial charge < -0.3 is 0 Å². The molecule has 0 radical (unpaired) electrons. The summed E-state index contributed by atoms with van der Waals surface area (Å²) in [5.41, 5.74) is 0.0259. The van der Waals surface area contributed by atoms with Crippen molar-refractivity contribution in [1.29, 1.82) is 0 Å². The van der Waals surface area contributed by atoms with Gasteiger partial charge in [0, 0.05) is 12.5 Å². The van der Waals surface area contributed by atoms with Gasteiger partial charge in [0.15, 0.2) is 0 Å². The molecule has 0 N–H and O–H groups in total. The Morgan fingerprint density at radius 1 is 1.46 bits per heavy atom. The monoisotopic (exact) mass is 183 g/mol. The highest BCUT2D eigenvalue weighted by atomic mass is 19.3. The van der Waals surface area contributed by atoms with Crippen molar-refractivity contribution in [1.82, 2.24) is 0 Å². The van der Waals surface area contributed by atoms with Crippen LogP contribution >= 0.6 is 0 Å². The molecule has 4 heteroatoms. The van der Waals surface area contributed by atoms with Crippen LogP contribution < -0.4 is 0 Å². The first-order chi connectivity index (χ1) is 6.04. The van der Waals surface area contributed by atoms with E-state index in [-0.39, 0.29) is 11.3 Å². The third-order valence-electron chi connectivity index (χ3n) is 1.53. The highest BCUT2D eigenvalue weighted by Crippen LogP contribution is 2.29. The van der Waals surface area contributed by atoms with E-state index in [0.717, 1.165) is 13.0 Å². The molecule has 0 saturated carbocycles. The number of nitrogens with zero attached hydrogens (tertiary/aromatic N) is 1. The number of aliphatic imine (C=N–C) groups is 1. The molecule has 0 fully saturated rings. The Labute approximate surface area is 73.9 Å². The van der Waals surface area contributed by atoms with Gasteiger partial charge >= 0.3 is 0 Å².